The van der Waals surface area contributed by atoms with Crippen LogP contribution in [-0.2, 0) is 32.6 Å². The third-order valence-electron chi connectivity index (χ3n) is 4.97. The molecule has 6 heteroatoms. The third kappa shape index (κ3) is 8.61. The van der Waals surface area contributed by atoms with Crippen molar-refractivity contribution in [1.29, 1.82) is 0 Å². The monoisotopic (exact) mass is 600 g/mol. The molecule has 0 aliphatic carbocycles. The van der Waals surface area contributed by atoms with Crippen LogP contribution in [0, 0.1) is 27.7 Å². The third-order valence-corrected chi connectivity index (χ3v) is 5.54. The van der Waals surface area contributed by atoms with Crippen LogP contribution in [0.25, 0.3) is 21.5 Å². The van der Waals surface area contributed by atoms with Crippen molar-refractivity contribution in [1.82, 2.24) is 0 Å². The summed E-state index contributed by atoms with van der Waals surface area (Å²) >= 11 is 10.9. The van der Waals surface area contributed by atoms with Gasteiger partial charge in [-0.3, -0.25) is 0 Å². The first-order valence-corrected chi connectivity index (χ1v) is 19.6. The van der Waals surface area contributed by atoms with Crippen molar-refractivity contribution in [3.05, 3.63) is 81.9 Å². The molecule has 0 bridgehead atoms. The molecule has 0 aliphatic heterocycles. The first-order valence-electron chi connectivity index (χ1n) is 10.3. The Kier molecular flexibility index (Phi) is 14.7. The Morgan fingerprint density at radius 1 is 0.719 bits per heavy atom. The van der Waals surface area contributed by atoms with E-state index in [-0.39, 0.29) is 0 Å². The molecule has 170 valence electrons. The van der Waals surface area contributed by atoms with Gasteiger partial charge in [0.1, 0.15) is 0 Å². The van der Waals surface area contributed by atoms with Gasteiger partial charge in [0.25, 0.3) is 0 Å². The fourth-order valence-electron chi connectivity index (χ4n) is 3.53. The van der Waals surface area contributed by atoms with Crippen LogP contribution >= 0.6 is 40.2 Å². The molecule has 0 unspecified atom stereocenters. The van der Waals surface area contributed by atoms with Crippen LogP contribution in [-0.4, -0.2) is 9.52 Å². The van der Waals surface area contributed by atoms with Crippen LogP contribution in [0.5, 0.6) is 0 Å². The Balaban J connectivity index is 0.000000258. The predicted octanol–water partition coefficient (Wildman–Crippen LogP) is 9.99. The van der Waals surface area contributed by atoms with Crippen LogP contribution in [0.4, 0.5) is 0 Å². The van der Waals surface area contributed by atoms with E-state index in [1.807, 2.05) is 0 Å². The molecule has 0 saturated carbocycles. The Labute approximate surface area is 224 Å². The summed E-state index contributed by atoms with van der Waals surface area (Å²) in [5.74, 6) is 1.19. The number of alkyl halides is 2. The topological polar surface area (TPSA) is 0 Å². The van der Waals surface area contributed by atoms with Gasteiger partial charge in [0.2, 0.25) is 0 Å². The van der Waals surface area contributed by atoms with Gasteiger partial charge in [-0.1, -0.05) is 64.0 Å². The van der Waals surface area contributed by atoms with Crippen LogP contribution in [0.1, 0.15) is 33.4 Å². The number of fused-ring (bicyclic) bond motifs is 2. The molecule has 4 aromatic rings. The van der Waals surface area contributed by atoms with Crippen molar-refractivity contribution in [2.24, 2.45) is 0 Å². The number of benzene rings is 2. The summed E-state index contributed by atoms with van der Waals surface area (Å²) in [7, 11) is 11.0. The van der Waals surface area contributed by atoms with E-state index in [4.69, 9.17) is 40.2 Å². The first-order chi connectivity index (χ1) is 15.3. The van der Waals surface area contributed by atoms with Gasteiger partial charge in [-0.2, -0.15) is 12.1 Å². The van der Waals surface area contributed by atoms with Gasteiger partial charge >= 0.3 is 37.9 Å². The molecule has 4 rings (SSSR count). The normalized spacial score (nSPS) is 9.81. The van der Waals surface area contributed by atoms with Gasteiger partial charge in [0.05, 0.1) is 0 Å². The number of hydrogen-bond donors (Lipinski definition) is 0. The molecule has 0 aromatic heterocycles. The summed E-state index contributed by atoms with van der Waals surface area (Å²) in [4.78, 5) is 0. The number of aryl methyl sites for hydroxylation is 4. The van der Waals surface area contributed by atoms with Crippen molar-refractivity contribution in [3.63, 3.8) is 0 Å². The van der Waals surface area contributed by atoms with E-state index in [1.165, 1.54) is 54.9 Å². The summed E-state index contributed by atoms with van der Waals surface area (Å²) < 4.78 is 0. The van der Waals surface area contributed by atoms with Crippen LogP contribution in [0.3, 0.4) is 0 Å². The van der Waals surface area contributed by atoms with Gasteiger partial charge in [-0.15, -0.1) is 91.3 Å². The van der Waals surface area contributed by atoms with Gasteiger partial charge in [-0.05, 0) is 0 Å². The minimum absolute atomic E-state index is 0.597. The molecule has 0 spiro atoms. The Hall–Kier alpha value is -0.0800. The van der Waals surface area contributed by atoms with Gasteiger partial charge in [0, 0.05) is 21.3 Å². The second-order valence-electron chi connectivity index (χ2n) is 7.64. The summed E-state index contributed by atoms with van der Waals surface area (Å²) in [5.41, 5.74) is 7.76. The van der Waals surface area contributed by atoms with Gasteiger partial charge < -0.3 is 0 Å². The molecule has 0 atom stereocenters. The van der Waals surface area contributed by atoms with E-state index >= 15 is 0 Å². The second kappa shape index (κ2) is 15.8. The van der Waals surface area contributed by atoms with E-state index in [2.05, 4.69) is 89.3 Å². The fraction of sp³-hybridized carbons (Fsp3) is 0.308. The molecule has 4 aromatic carbocycles. The Morgan fingerprint density at radius 3 is 1.31 bits per heavy atom. The maximum atomic E-state index is 5.87. The zero-order chi connectivity index (χ0) is 24.3. The number of halogens is 4. The first kappa shape index (κ1) is 30.0. The molecule has 0 fully saturated rings. The van der Waals surface area contributed by atoms with E-state index < -0.39 is 20.8 Å². The second-order valence-corrected chi connectivity index (χ2v) is 12.9. The molecule has 0 nitrogen and oxygen atoms in total. The van der Waals surface area contributed by atoms with Crippen molar-refractivity contribution in [2.45, 2.75) is 52.5 Å². The molecule has 2 radical (unpaired) electrons. The van der Waals surface area contributed by atoms with Gasteiger partial charge in [0.15, 0.2) is 0 Å². The van der Waals surface area contributed by atoms with Crippen LogP contribution in [0.15, 0.2) is 48.5 Å². The van der Waals surface area contributed by atoms with Crippen molar-refractivity contribution >= 4 is 71.3 Å². The quantitative estimate of drug-likeness (QED) is 0.122. The summed E-state index contributed by atoms with van der Waals surface area (Å²) in [6, 6.07) is 17.4. The molecular weight excluding hydrogens is 573 g/mol. The van der Waals surface area contributed by atoms with E-state index in [0.29, 0.717) is 11.8 Å². The molecule has 0 aliphatic rings. The average Bonchev–Trinajstić information content (AvgIpc) is 3.34. The number of hydrogen-bond acceptors (Lipinski definition) is 0. The maximum absolute atomic E-state index is 5.87. The minimum atomic E-state index is -0.826. The molecule has 32 heavy (non-hydrogen) atoms. The van der Waals surface area contributed by atoms with E-state index in [0.717, 1.165) is 9.52 Å². The zero-order valence-electron chi connectivity index (χ0n) is 19.5. The standard InChI is InChI=1S/2C12H12Cl.C2H6Si.2ClH.Zr/c2*1-8-5-11-9(2)3-4-10(7-13)12(11)6-8;1-3-2;;;/h2*3-6H,7H2,1-2H3;1-2H3;2*1H;/q2*-1;;;;+4/p-2. The summed E-state index contributed by atoms with van der Waals surface area (Å²) in [6.45, 7) is 12.8. The summed E-state index contributed by atoms with van der Waals surface area (Å²) in [6.07, 6.45) is 0. The van der Waals surface area contributed by atoms with Crippen molar-refractivity contribution < 1.29 is 20.8 Å². The average molecular weight is 604 g/mol. The summed E-state index contributed by atoms with van der Waals surface area (Å²) in [5, 5.41) is 5.31. The molecular formula is C26H30Cl4SiZr. The Bertz CT molecular complexity index is 1010. The van der Waals surface area contributed by atoms with E-state index in [1.54, 1.807) is 0 Å². The van der Waals surface area contributed by atoms with Gasteiger partial charge in [-0.25, -0.2) is 0 Å². The molecule has 0 saturated heterocycles. The zero-order valence-corrected chi connectivity index (χ0v) is 26.0. The molecule has 0 amide bonds. The van der Waals surface area contributed by atoms with Crippen LogP contribution < -0.4 is 0 Å². The predicted molar refractivity (Wildman–Crippen MR) is 146 cm³/mol. The SMILES string of the molecule is C[Si]C.Cc1cc2c(CCl)ccc(C)c2[cH-]1.Cc1cc2c(CCl)ccc(C)c2[cH-]1.[Cl][Zr+2][Cl]. The van der Waals surface area contributed by atoms with Crippen molar-refractivity contribution in [2.75, 3.05) is 0 Å². The van der Waals surface area contributed by atoms with Crippen LogP contribution in [0.2, 0.25) is 13.1 Å². The Morgan fingerprint density at radius 2 is 1.03 bits per heavy atom. The molecule has 0 N–H and O–H groups in total. The molecule has 0 heterocycles. The van der Waals surface area contributed by atoms with Crippen molar-refractivity contribution in [3.8, 4) is 0 Å². The fourth-order valence-corrected chi connectivity index (χ4v) is 4.00. The number of rotatable bonds is 2. The van der Waals surface area contributed by atoms with E-state index in [9.17, 15) is 0 Å².